The van der Waals surface area contributed by atoms with Crippen molar-refractivity contribution < 1.29 is 14.3 Å². The van der Waals surface area contributed by atoms with E-state index in [2.05, 4.69) is 4.98 Å². The van der Waals surface area contributed by atoms with Crippen LogP contribution in [0.25, 0.3) is 10.2 Å². The van der Waals surface area contributed by atoms with Crippen LogP contribution in [0, 0.1) is 13.8 Å². The van der Waals surface area contributed by atoms with Gasteiger partial charge >= 0.3 is 0 Å². The van der Waals surface area contributed by atoms with Gasteiger partial charge in [0.2, 0.25) is 5.91 Å². The van der Waals surface area contributed by atoms with Gasteiger partial charge in [-0.2, -0.15) is 0 Å². The molecule has 32 heavy (non-hydrogen) atoms. The van der Waals surface area contributed by atoms with Gasteiger partial charge in [0.15, 0.2) is 11.5 Å². The summed E-state index contributed by atoms with van der Waals surface area (Å²) >= 11 is 1.54. The lowest BCUT2D eigenvalue weighted by Gasteiger charge is -2.26. The lowest BCUT2D eigenvalue weighted by atomic mass is 10.0. The van der Waals surface area contributed by atoms with Crippen molar-refractivity contribution in [2.75, 3.05) is 19.8 Å². The van der Waals surface area contributed by atoms with Crippen molar-refractivity contribution in [1.29, 1.82) is 0 Å². The smallest absolute Gasteiger partial charge is 0.262 e. The van der Waals surface area contributed by atoms with Crippen LogP contribution in [0.4, 0.5) is 0 Å². The maximum atomic E-state index is 13.1. The minimum absolute atomic E-state index is 0.0266. The largest absolute Gasteiger partial charge is 0.490 e. The summed E-state index contributed by atoms with van der Waals surface area (Å²) in [5, 5.41) is 0.675. The van der Waals surface area contributed by atoms with Crippen LogP contribution in [0.3, 0.4) is 0 Å². The molecule has 2 aliphatic heterocycles. The van der Waals surface area contributed by atoms with Crippen LogP contribution in [0.5, 0.6) is 11.5 Å². The number of hydrogen-bond acceptors (Lipinski definition) is 6. The Hall–Kier alpha value is -2.87. The minimum atomic E-state index is -0.0643. The Morgan fingerprint density at radius 1 is 1.19 bits per heavy atom. The molecule has 0 bridgehead atoms. The normalized spacial score (nSPS) is 18.2. The minimum Gasteiger partial charge on any atom is -0.490 e. The van der Waals surface area contributed by atoms with Crippen molar-refractivity contribution in [2.24, 2.45) is 0 Å². The van der Waals surface area contributed by atoms with Gasteiger partial charge in [-0.15, -0.1) is 11.3 Å². The topological polar surface area (TPSA) is 73.7 Å². The molecule has 0 unspecified atom stereocenters. The molecule has 0 radical (unpaired) electrons. The second kappa shape index (κ2) is 8.58. The maximum Gasteiger partial charge on any atom is 0.262 e. The number of carbonyl (C=O) groups is 1. The molecule has 1 atom stereocenters. The molecule has 4 heterocycles. The third kappa shape index (κ3) is 3.77. The zero-order chi connectivity index (χ0) is 22.2. The second-order valence-corrected chi connectivity index (χ2v) is 9.66. The highest BCUT2D eigenvalue weighted by Gasteiger charge is 2.30. The third-order valence-electron chi connectivity index (χ3n) is 6.45. The van der Waals surface area contributed by atoms with Crippen LogP contribution in [-0.2, 0) is 11.3 Å². The molecule has 2 aliphatic rings. The first-order valence-corrected chi connectivity index (χ1v) is 12.0. The number of carbonyl (C=O) groups excluding carboxylic acids is 1. The van der Waals surface area contributed by atoms with Gasteiger partial charge in [0.05, 0.1) is 31.0 Å². The number of aromatic nitrogens is 2. The lowest BCUT2D eigenvalue weighted by Crippen LogP contribution is -2.32. The molecule has 1 amide bonds. The van der Waals surface area contributed by atoms with Gasteiger partial charge in [-0.25, -0.2) is 4.98 Å². The van der Waals surface area contributed by atoms with Gasteiger partial charge in [-0.1, -0.05) is 6.07 Å². The maximum absolute atomic E-state index is 13.1. The SMILES string of the molecule is Cc1sc2ncn(CCC(=O)N3CCC[C@H]3c3ccc4c(c3)OCCCO4)c(=O)c2c1C. The average Bonchev–Trinajstić information content (AvgIpc) is 3.30. The summed E-state index contributed by atoms with van der Waals surface area (Å²) < 4.78 is 13.1. The number of likely N-dealkylation sites (tertiary alicyclic amines) is 1. The molecule has 5 rings (SSSR count). The van der Waals surface area contributed by atoms with E-state index in [1.807, 2.05) is 36.9 Å². The highest BCUT2D eigenvalue weighted by molar-refractivity contribution is 7.18. The van der Waals surface area contributed by atoms with Crippen molar-refractivity contribution in [3.63, 3.8) is 0 Å². The van der Waals surface area contributed by atoms with Gasteiger partial charge < -0.3 is 14.4 Å². The van der Waals surface area contributed by atoms with E-state index in [0.29, 0.717) is 25.1 Å². The van der Waals surface area contributed by atoms with Crippen LogP contribution < -0.4 is 15.0 Å². The molecular formula is C24H27N3O4S. The molecule has 1 aromatic carbocycles. The van der Waals surface area contributed by atoms with E-state index in [9.17, 15) is 9.59 Å². The van der Waals surface area contributed by atoms with E-state index < -0.39 is 0 Å². The van der Waals surface area contributed by atoms with E-state index >= 15 is 0 Å². The van der Waals surface area contributed by atoms with Crippen LogP contribution in [0.1, 0.15) is 47.7 Å². The van der Waals surface area contributed by atoms with Crippen molar-refractivity contribution in [2.45, 2.75) is 52.1 Å². The predicted octanol–water partition coefficient (Wildman–Crippen LogP) is 3.99. The van der Waals surface area contributed by atoms with E-state index in [1.54, 1.807) is 10.9 Å². The van der Waals surface area contributed by atoms with Crippen LogP contribution in [-0.4, -0.2) is 40.1 Å². The number of thiophene rings is 1. The summed E-state index contributed by atoms with van der Waals surface area (Å²) in [5.74, 6) is 1.58. The number of nitrogens with zero attached hydrogens (tertiary/aromatic N) is 3. The Morgan fingerprint density at radius 2 is 2.00 bits per heavy atom. The fraction of sp³-hybridized carbons (Fsp3) is 0.458. The fourth-order valence-corrected chi connectivity index (χ4v) is 5.58. The Balaban J connectivity index is 1.32. The number of aryl methyl sites for hydroxylation is 3. The van der Waals surface area contributed by atoms with E-state index in [4.69, 9.17) is 9.47 Å². The zero-order valence-corrected chi connectivity index (χ0v) is 19.2. The molecule has 0 spiro atoms. The molecule has 8 heteroatoms. The molecule has 0 aliphatic carbocycles. The van der Waals surface area contributed by atoms with E-state index in [0.717, 1.165) is 58.1 Å². The molecule has 0 N–H and O–H groups in total. The first-order valence-electron chi connectivity index (χ1n) is 11.2. The summed E-state index contributed by atoms with van der Waals surface area (Å²) in [6.07, 6.45) is 4.59. The first kappa shape index (κ1) is 21.0. The molecule has 1 fully saturated rings. The van der Waals surface area contributed by atoms with Crippen LogP contribution in [0.15, 0.2) is 29.3 Å². The van der Waals surface area contributed by atoms with Crippen molar-refractivity contribution in [3.8, 4) is 11.5 Å². The molecule has 168 valence electrons. The summed E-state index contributed by atoms with van der Waals surface area (Å²) in [7, 11) is 0. The van der Waals surface area contributed by atoms with Gasteiger partial charge in [0.25, 0.3) is 5.56 Å². The average molecular weight is 454 g/mol. The number of fused-ring (bicyclic) bond motifs is 2. The summed E-state index contributed by atoms with van der Waals surface area (Å²) in [6.45, 7) is 6.32. The first-order chi connectivity index (χ1) is 15.5. The molecule has 3 aromatic rings. The highest BCUT2D eigenvalue weighted by Crippen LogP contribution is 2.38. The number of rotatable bonds is 4. The summed E-state index contributed by atoms with van der Waals surface area (Å²) in [4.78, 5) is 34.3. The molecule has 2 aromatic heterocycles. The monoisotopic (exact) mass is 453 g/mol. The van der Waals surface area contributed by atoms with Crippen molar-refractivity contribution >= 4 is 27.5 Å². The van der Waals surface area contributed by atoms with Gasteiger partial charge in [-0.05, 0) is 49.9 Å². The highest BCUT2D eigenvalue weighted by atomic mass is 32.1. The Morgan fingerprint density at radius 3 is 2.84 bits per heavy atom. The number of hydrogen-bond donors (Lipinski definition) is 0. The third-order valence-corrected chi connectivity index (χ3v) is 7.57. The van der Waals surface area contributed by atoms with Crippen LogP contribution >= 0.6 is 11.3 Å². The number of amides is 1. The van der Waals surface area contributed by atoms with E-state index in [-0.39, 0.29) is 23.9 Å². The molecule has 0 saturated carbocycles. The molecular weight excluding hydrogens is 426 g/mol. The van der Waals surface area contributed by atoms with Gasteiger partial charge in [0, 0.05) is 30.8 Å². The lowest BCUT2D eigenvalue weighted by molar-refractivity contribution is -0.132. The second-order valence-electron chi connectivity index (χ2n) is 8.46. The predicted molar refractivity (Wildman–Crippen MR) is 124 cm³/mol. The number of benzene rings is 1. The van der Waals surface area contributed by atoms with E-state index in [1.165, 1.54) is 11.3 Å². The van der Waals surface area contributed by atoms with Gasteiger partial charge in [-0.3, -0.25) is 14.2 Å². The molecule has 1 saturated heterocycles. The van der Waals surface area contributed by atoms with Gasteiger partial charge in [0.1, 0.15) is 4.83 Å². The Bertz CT molecular complexity index is 1230. The summed E-state index contributed by atoms with van der Waals surface area (Å²) in [6, 6.07) is 6.02. The zero-order valence-electron chi connectivity index (χ0n) is 18.4. The summed E-state index contributed by atoms with van der Waals surface area (Å²) in [5.41, 5.74) is 1.99. The Kier molecular flexibility index (Phi) is 5.63. The van der Waals surface area contributed by atoms with Crippen molar-refractivity contribution in [1.82, 2.24) is 14.5 Å². The Labute approximate surface area is 190 Å². The van der Waals surface area contributed by atoms with Crippen molar-refractivity contribution in [3.05, 3.63) is 50.9 Å². The number of ether oxygens (including phenoxy) is 2. The molecule has 7 nitrogen and oxygen atoms in total. The fourth-order valence-electron chi connectivity index (χ4n) is 4.59. The van der Waals surface area contributed by atoms with Crippen LogP contribution in [0.2, 0.25) is 0 Å². The standard InChI is InChI=1S/C24H27N3O4S/c1-15-16(2)32-23-22(15)24(29)26(14-25-23)10-8-21(28)27-9-3-5-18(27)17-6-7-19-20(13-17)31-12-4-11-30-19/h6-7,13-14,18H,3-5,8-12H2,1-2H3/t18-/m0/s1. The quantitative estimate of drug-likeness (QED) is 0.597.